The highest BCUT2D eigenvalue weighted by Crippen LogP contribution is 2.15. The van der Waals surface area contributed by atoms with Crippen LogP contribution in [-0.2, 0) is 9.59 Å². The van der Waals surface area contributed by atoms with E-state index in [9.17, 15) is 9.59 Å². The second-order valence-electron chi connectivity index (χ2n) is 4.75. The third kappa shape index (κ3) is 9.00. The van der Waals surface area contributed by atoms with Crippen LogP contribution in [0, 0.1) is 0 Å². The zero-order chi connectivity index (χ0) is 17.1. The lowest BCUT2D eigenvalue weighted by atomic mass is 10.2. The molecule has 1 rings (SSSR count). The highest BCUT2D eigenvalue weighted by Gasteiger charge is 2.06. The molecule has 0 unspecified atom stereocenters. The van der Waals surface area contributed by atoms with Crippen LogP contribution in [0.5, 0.6) is 5.75 Å². The maximum absolute atomic E-state index is 11.6. The number of carbonyl (C=O) groups excluding carboxylic acids is 2. The number of nitrogens with one attached hydrogen (secondary N) is 3. The molecule has 126 valence electrons. The van der Waals surface area contributed by atoms with Crippen molar-refractivity contribution in [3.05, 3.63) is 29.3 Å². The molecule has 0 aliphatic heterocycles. The molecule has 0 aliphatic carbocycles. The first-order valence-electron chi connectivity index (χ1n) is 7.28. The van der Waals surface area contributed by atoms with Crippen molar-refractivity contribution in [1.82, 2.24) is 16.2 Å². The van der Waals surface area contributed by atoms with Gasteiger partial charge in [0, 0.05) is 11.4 Å². The number of hydrazine groups is 1. The number of hydrogen-bond acceptors (Lipinski definition) is 4. The number of rotatable bonds is 7. The van der Waals surface area contributed by atoms with E-state index in [1.165, 1.54) is 0 Å². The van der Waals surface area contributed by atoms with E-state index in [4.69, 9.17) is 28.6 Å². The van der Waals surface area contributed by atoms with E-state index < -0.39 is 5.91 Å². The van der Waals surface area contributed by atoms with Crippen molar-refractivity contribution in [3.63, 3.8) is 0 Å². The van der Waals surface area contributed by atoms with Gasteiger partial charge in [-0.2, -0.15) is 0 Å². The summed E-state index contributed by atoms with van der Waals surface area (Å²) in [6.45, 7) is 1.87. The van der Waals surface area contributed by atoms with Crippen molar-refractivity contribution in [3.8, 4) is 5.75 Å². The third-order valence-electron chi connectivity index (χ3n) is 2.76. The van der Waals surface area contributed by atoms with E-state index >= 15 is 0 Å². The first-order valence-corrected chi connectivity index (χ1v) is 8.07. The SMILES string of the molecule is CCCCCC(=O)NC(=S)NNC(=O)COc1ccc(Cl)cc1. The Hall–Kier alpha value is -1.86. The van der Waals surface area contributed by atoms with Crippen molar-refractivity contribution in [2.24, 2.45) is 0 Å². The van der Waals surface area contributed by atoms with Crippen molar-refractivity contribution in [2.75, 3.05) is 6.61 Å². The van der Waals surface area contributed by atoms with Crippen LogP contribution in [0.2, 0.25) is 5.02 Å². The summed E-state index contributed by atoms with van der Waals surface area (Å²) in [5.74, 6) is -0.0819. The molecule has 0 fully saturated rings. The van der Waals surface area contributed by atoms with Gasteiger partial charge in [-0.05, 0) is 42.9 Å². The lowest BCUT2D eigenvalue weighted by molar-refractivity contribution is -0.124. The Kier molecular flexibility index (Phi) is 9.01. The quantitative estimate of drug-likeness (QED) is 0.396. The van der Waals surface area contributed by atoms with Gasteiger partial charge in [0.2, 0.25) is 5.91 Å². The van der Waals surface area contributed by atoms with Gasteiger partial charge in [0.15, 0.2) is 11.7 Å². The second kappa shape index (κ2) is 10.8. The van der Waals surface area contributed by atoms with Gasteiger partial charge in [-0.1, -0.05) is 31.4 Å². The molecule has 2 amide bonds. The molecule has 0 heterocycles. The maximum Gasteiger partial charge on any atom is 0.276 e. The predicted molar refractivity (Wildman–Crippen MR) is 93.1 cm³/mol. The lowest BCUT2D eigenvalue weighted by Crippen LogP contribution is -2.49. The Morgan fingerprint density at radius 3 is 2.48 bits per heavy atom. The first kappa shape index (κ1) is 19.2. The van der Waals surface area contributed by atoms with Crippen molar-refractivity contribution < 1.29 is 14.3 Å². The number of carbonyl (C=O) groups is 2. The molecule has 6 nitrogen and oxygen atoms in total. The summed E-state index contributed by atoms with van der Waals surface area (Å²) >= 11 is 10.7. The largest absolute Gasteiger partial charge is 0.484 e. The zero-order valence-corrected chi connectivity index (χ0v) is 14.4. The van der Waals surface area contributed by atoms with Crippen LogP contribution < -0.4 is 20.9 Å². The Labute approximate surface area is 145 Å². The molecular formula is C15H20ClN3O3S. The number of hydrogen-bond donors (Lipinski definition) is 3. The van der Waals surface area contributed by atoms with Gasteiger partial charge >= 0.3 is 0 Å². The molecule has 0 aromatic heterocycles. The normalized spacial score (nSPS) is 9.83. The zero-order valence-electron chi connectivity index (χ0n) is 12.9. The predicted octanol–water partition coefficient (Wildman–Crippen LogP) is 2.32. The monoisotopic (exact) mass is 357 g/mol. The smallest absolute Gasteiger partial charge is 0.276 e. The van der Waals surface area contributed by atoms with Crippen LogP contribution in [0.4, 0.5) is 0 Å². The van der Waals surface area contributed by atoms with E-state index in [0.717, 1.165) is 19.3 Å². The van der Waals surface area contributed by atoms with Crippen LogP contribution >= 0.6 is 23.8 Å². The van der Waals surface area contributed by atoms with E-state index in [1.54, 1.807) is 24.3 Å². The van der Waals surface area contributed by atoms with Gasteiger partial charge in [0.1, 0.15) is 5.75 Å². The molecule has 8 heteroatoms. The summed E-state index contributed by atoms with van der Waals surface area (Å²) < 4.78 is 5.26. The summed E-state index contributed by atoms with van der Waals surface area (Å²) in [7, 11) is 0. The Morgan fingerprint density at radius 1 is 1.13 bits per heavy atom. The fourth-order valence-corrected chi connectivity index (χ4v) is 1.89. The van der Waals surface area contributed by atoms with Crippen molar-refractivity contribution in [2.45, 2.75) is 32.6 Å². The average molecular weight is 358 g/mol. The van der Waals surface area contributed by atoms with E-state index in [0.29, 0.717) is 17.2 Å². The lowest BCUT2D eigenvalue weighted by Gasteiger charge is -2.11. The highest BCUT2D eigenvalue weighted by molar-refractivity contribution is 7.80. The summed E-state index contributed by atoms with van der Waals surface area (Å²) in [5, 5.41) is 3.12. The molecule has 1 aromatic rings. The van der Waals surface area contributed by atoms with Gasteiger partial charge in [-0.3, -0.25) is 20.4 Å². The minimum Gasteiger partial charge on any atom is -0.484 e. The molecule has 0 saturated carbocycles. The van der Waals surface area contributed by atoms with E-state index in [1.807, 2.05) is 0 Å². The molecule has 3 N–H and O–H groups in total. The van der Waals surface area contributed by atoms with Crippen LogP contribution in [-0.4, -0.2) is 23.5 Å². The molecule has 0 saturated heterocycles. The van der Waals surface area contributed by atoms with Gasteiger partial charge in [0.25, 0.3) is 5.91 Å². The molecule has 0 radical (unpaired) electrons. The molecule has 23 heavy (non-hydrogen) atoms. The van der Waals surface area contributed by atoms with E-state index in [2.05, 4.69) is 23.1 Å². The van der Waals surface area contributed by atoms with Gasteiger partial charge in [0.05, 0.1) is 0 Å². The van der Waals surface area contributed by atoms with Crippen molar-refractivity contribution >= 4 is 40.7 Å². The summed E-state index contributed by atoms with van der Waals surface area (Å²) in [5.41, 5.74) is 4.79. The third-order valence-corrected chi connectivity index (χ3v) is 3.22. The maximum atomic E-state index is 11.6. The Balaban J connectivity index is 2.18. The molecule has 1 aromatic carbocycles. The molecule has 0 aliphatic rings. The number of thiocarbonyl (C=S) groups is 1. The van der Waals surface area contributed by atoms with Gasteiger partial charge < -0.3 is 10.1 Å². The molecule has 0 bridgehead atoms. The number of halogens is 1. The fourth-order valence-electron chi connectivity index (χ4n) is 1.60. The minimum atomic E-state index is -0.428. The standard InChI is InChI=1S/C15H20ClN3O3S/c1-2-3-4-5-13(20)17-15(23)19-18-14(21)10-22-12-8-6-11(16)7-9-12/h6-9H,2-5,10H2,1H3,(H,18,21)(H2,17,19,20,23). The van der Waals surface area contributed by atoms with Crippen LogP contribution in [0.1, 0.15) is 32.6 Å². The Bertz CT molecular complexity index is 537. The molecule has 0 spiro atoms. The van der Waals surface area contributed by atoms with Crippen LogP contribution in [0.25, 0.3) is 0 Å². The highest BCUT2D eigenvalue weighted by atomic mass is 35.5. The average Bonchev–Trinajstić information content (AvgIpc) is 2.52. The fraction of sp³-hybridized carbons (Fsp3) is 0.400. The van der Waals surface area contributed by atoms with E-state index in [-0.39, 0.29) is 17.6 Å². The topological polar surface area (TPSA) is 79.5 Å². The van der Waals surface area contributed by atoms with Crippen LogP contribution in [0.3, 0.4) is 0 Å². The summed E-state index contributed by atoms with van der Waals surface area (Å²) in [4.78, 5) is 23.1. The molecular weight excluding hydrogens is 338 g/mol. The summed E-state index contributed by atoms with van der Waals surface area (Å²) in [6.07, 6.45) is 3.25. The number of amides is 2. The summed E-state index contributed by atoms with van der Waals surface area (Å²) in [6, 6.07) is 6.64. The number of benzene rings is 1. The molecule has 0 atom stereocenters. The Morgan fingerprint density at radius 2 is 1.83 bits per heavy atom. The second-order valence-corrected chi connectivity index (χ2v) is 5.59. The van der Waals surface area contributed by atoms with Crippen molar-refractivity contribution in [1.29, 1.82) is 0 Å². The minimum absolute atomic E-state index is 0.0475. The number of unbranched alkanes of at least 4 members (excludes halogenated alkanes) is 2. The van der Waals surface area contributed by atoms with Gasteiger partial charge in [-0.15, -0.1) is 0 Å². The van der Waals surface area contributed by atoms with Gasteiger partial charge in [-0.25, -0.2) is 0 Å². The number of ether oxygens (including phenoxy) is 1. The van der Waals surface area contributed by atoms with Crippen LogP contribution in [0.15, 0.2) is 24.3 Å². The first-order chi connectivity index (χ1) is 11.0.